The second-order valence-electron chi connectivity index (χ2n) is 8.08. The number of hydrogen-bond donors (Lipinski definition) is 1. The molecule has 1 aromatic carbocycles. The van der Waals surface area contributed by atoms with Crippen molar-refractivity contribution in [1.82, 2.24) is 9.29 Å². The van der Waals surface area contributed by atoms with Gasteiger partial charge in [0.25, 0.3) is 5.24 Å². The fraction of sp³-hybridized carbons (Fsp3) is 0.556. The molecule has 3 rings (SSSR count). The van der Waals surface area contributed by atoms with Crippen molar-refractivity contribution in [1.29, 1.82) is 0 Å². The lowest BCUT2D eigenvalue weighted by Crippen LogP contribution is -2.52. The molecule has 0 radical (unpaired) electrons. The number of amides is 1. The molecule has 0 bridgehead atoms. The van der Waals surface area contributed by atoms with Gasteiger partial charge in [0.2, 0.25) is 5.89 Å². The zero-order chi connectivity index (χ0) is 19.1. The zero-order valence-electron chi connectivity index (χ0n) is 16.0. The lowest BCUT2D eigenvalue weighted by Gasteiger charge is -2.44. The predicted molar refractivity (Wildman–Crippen MR) is 105 cm³/mol. The molecule has 1 fully saturated rings. The Kier molecular flexibility index (Phi) is 5.04. The first-order valence-electron chi connectivity index (χ1n) is 8.75. The van der Waals surface area contributed by atoms with Gasteiger partial charge in [0.1, 0.15) is 5.52 Å². The summed E-state index contributed by atoms with van der Waals surface area (Å²) in [6, 6.07) is 3.75. The minimum absolute atomic E-state index is 0.162. The number of quaternary nitrogens is 1. The molecule has 0 atom stereocenters. The molecular formula is C18H26N4O3S. The van der Waals surface area contributed by atoms with Gasteiger partial charge in [0.15, 0.2) is 5.58 Å². The van der Waals surface area contributed by atoms with Gasteiger partial charge in [0.05, 0.1) is 33.2 Å². The van der Waals surface area contributed by atoms with Crippen LogP contribution in [0, 0.1) is 12.1 Å². The van der Waals surface area contributed by atoms with Crippen LogP contribution in [-0.4, -0.2) is 52.4 Å². The average molecular weight is 378 g/mol. The van der Waals surface area contributed by atoms with Crippen molar-refractivity contribution in [2.75, 3.05) is 38.5 Å². The van der Waals surface area contributed by atoms with E-state index in [4.69, 9.17) is 4.42 Å². The quantitative estimate of drug-likeness (QED) is 0.485. The number of aromatic nitrogens is 1. The van der Waals surface area contributed by atoms with Crippen molar-refractivity contribution in [2.45, 2.75) is 33.1 Å². The number of carbonyl (C=O) groups is 1. The number of anilines is 1. The highest BCUT2D eigenvalue weighted by molar-refractivity contribution is 8.11. The van der Waals surface area contributed by atoms with E-state index in [9.17, 15) is 10.0 Å². The number of aryl methyl sites for hydroxylation is 1. The standard InChI is InChI=1S/C18H26N4O3S/c1-12-10-14-15(25-16(19-14)18(2,3)4)11-13(12)20-17(23)26-21-6-8-22(5,24)9-7-21/h10-11H,6-9H2,1-5H3,(H,20,23). The van der Waals surface area contributed by atoms with Crippen LogP contribution >= 0.6 is 11.9 Å². The van der Waals surface area contributed by atoms with Crippen LogP contribution in [0.1, 0.15) is 32.2 Å². The molecule has 2 aromatic rings. The Labute approximate surface area is 158 Å². The number of piperazine rings is 1. The maximum atomic E-state index is 12.4. The van der Waals surface area contributed by atoms with E-state index in [1.165, 1.54) is 0 Å². The van der Waals surface area contributed by atoms with Crippen LogP contribution in [0.15, 0.2) is 16.5 Å². The summed E-state index contributed by atoms with van der Waals surface area (Å²) in [4.78, 5) is 16.9. The highest BCUT2D eigenvalue weighted by Crippen LogP contribution is 2.30. The van der Waals surface area contributed by atoms with Crippen molar-refractivity contribution >= 4 is 34.0 Å². The van der Waals surface area contributed by atoms with Gasteiger partial charge in [-0.15, -0.1) is 0 Å². The smallest absolute Gasteiger partial charge is 0.298 e. The van der Waals surface area contributed by atoms with E-state index in [1.54, 1.807) is 7.05 Å². The van der Waals surface area contributed by atoms with Crippen molar-refractivity contribution in [2.24, 2.45) is 0 Å². The Bertz CT molecular complexity index is 816. The lowest BCUT2D eigenvalue weighted by atomic mass is 9.97. The van der Waals surface area contributed by atoms with Gasteiger partial charge in [-0.1, -0.05) is 20.8 Å². The Morgan fingerprint density at radius 2 is 2.00 bits per heavy atom. The number of likely N-dealkylation sites (N-methyl/N-ethyl adjacent to an activating group) is 1. The topological polar surface area (TPSA) is 81.4 Å². The van der Waals surface area contributed by atoms with Gasteiger partial charge in [-0.05, 0) is 18.6 Å². The first-order chi connectivity index (χ1) is 12.0. The number of nitrogens with one attached hydrogen (secondary N) is 1. The van der Waals surface area contributed by atoms with Gasteiger partial charge < -0.3 is 19.6 Å². The fourth-order valence-electron chi connectivity index (χ4n) is 2.74. The third kappa shape index (κ3) is 4.37. The summed E-state index contributed by atoms with van der Waals surface area (Å²) in [7, 11) is 1.67. The predicted octanol–water partition coefficient (Wildman–Crippen LogP) is 3.87. The van der Waals surface area contributed by atoms with Crippen molar-refractivity contribution in [3.05, 3.63) is 28.8 Å². The zero-order valence-corrected chi connectivity index (χ0v) is 16.8. The van der Waals surface area contributed by atoms with Crippen LogP contribution in [-0.2, 0) is 5.41 Å². The van der Waals surface area contributed by atoms with E-state index in [0.717, 1.165) is 23.0 Å². The second kappa shape index (κ2) is 6.84. The third-order valence-corrected chi connectivity index (χ3v) is 5.36. The van der Waals surface area contributed by atoms with E-state index in [-0.39, 0.29) is 15.3 Å². The van der Waals surface area contributed by atoms with Gasteiger partial charge in [-0.2, -0.15) is 0 Å². The number of oxazole rings is 1. The van der Waals surface area contributed by atoms with Crippen LogP contribution in [0.2, 0.25) is 0 Å². The molecule has 0 spiro atoms. The number of fused-ring (bicyclic) bond motifs is 1. The average Bonchev–Trinajstić information content (AvgIpc) is 2.93. The summed E-state index contributed by atoms with van der Waals surface area (Å²) in [6.07, 6.45) is 0. The molecule has 1 aromatic heterocycles. The van der Waals surface area contributed by atoms with Crippen LogP contribution in [0.4, 0.5) is 10.5 Å². The first kappa shape index (κ1) is 19.2. The molecule has 1 aliphatic rings. The number of hydroxylamine groups is 3. The van der Waals surface area contributed by atoms with E-state index in [1.807, 2.05) is 44.1 Å². The lowest BCUT2D eigenvalue weighted by molar-refractivity contribution is -0.864. The maximum absolute atomic E-state index is 12.4. The Hall–Kier alpha value is -1.61. The van der Waals surface area contributed by atoms with E-state index < -0.39 is 0 Å². The summed E-state index contributed by atoms with van der Waals surface area (Å²) in [5, 5.41) is 14.6. The Balaban J connectivity index is 1.70. The molecule has 2 heterocycles. The summed E-state index contributed by atoms with van der Waals surface area (Å²) < 4.78 is 7.56. The van der Waals surface area contributed by atoms with Gasteiger partial charge >= 0.3 is 0 Å². The Morgan fingerprint density at radius 3 is 2.62 bits per heavy atom. The number of rotatable bonds is 2. The third-order valence-electron chi connectivity index (χ3n) is 4.47. The molecule has 1 N–H and O–H groups in total. The summed E-state index contributed by atoms with van der Waals surface area (Å²) in [5.74, 6) is 0.678. The summed E-state index contributed by atoms with van der Waals surface area (Å²) in [6.45, 7) is 10.3. The normalized spacial score (nSPS) is 18.2. The number of hydrogen-bond acceptors (Lipinski definition) is 6. The van der Waals surface area contributed by atoms with Gasteiger partial charge in [0, 0.05) is 29.1 Å². The molecular weight excluding hydrogens is 352 g/mol. The van der Waals surface area contributed by atoms with Crippen molar-refractivity contribution < 1.29 is 13.9 Å². The minimum atomic E-state index is -0.240. The number of benzene rings is 1. The SMILES string of the molecule is Cc1cc2nc(C(C)(C)C)oc2cc1NC(=O)SN1CC[N+](C)([O-])CC1. The molecule has 1 saturated heterocycles. The molecule has 8 heteroatoms. The van der Waals surface area contributed by atoms with Gasteiger partial charge in [-0.25, -0.2) is 9.29 Å². The monoisotopic (exact) mass is 378 g/mol. The molecule has 142 valence electrons. The van der Waals surface area contributed by atoms with Crippen LogP contribution in [0.5, 0.6) is 0 Å². The summed E-state index contributed by atoms with van der Waals surface area (Å²) in [5.41, 5.74) is 2.94. The van der Waals surface area contributed by atoms with Crippen LogP contribution in [0.25, 0.3) is 11.1 Å². The largest absolute Gasteiger partial charge is 0.633 e. The van der Waals surface area contributed by atoms with Crippen molar-refractivity contribution in [3.63, 3.8) is 0 Å². The molecule has 0 saturated carbocycles. The first-order valence-corrected chi connectivity index (χ1v) is 9.52. The second-order valence-corrected chi connectivity index (χ2v) is 9.15. The molecule has 7 nitrogen and oxygen atoms in total. The van der Waals surface area contributed by atoms with E-state index in [0.29, 0.717) is 43.3 Å². The van der Waals surface area contributed by atoms with Gasteiger partial charge in [-0.3, -0.25) is 4.79 Å². The number of nitrogens with zero attached hydrogens (tertiary/aromatic N) is 3. The molecule has 1 amide bonds. The number of carbonyl (C=O) groups excluding carboxylic acids is 1. The van der Waals surface area contributed by atoms with Crippen LogP contribution < -0.4 is 5.32 Å². The molecule has 0 aliphatic carbocycles. The molecule has 26 heavy (non-hydrogen) atoms. The fourth-order valence-corrected chi connectivity index (χ4v) is 3.48. The minimum Gasteiger partial charge on any atom is -0.633 e. The molecule has 0 unspecified atom stereocenters. The Morgan fingerprint density at radius 1 is 1.35 bits per heavy atom. The van der Waals surface area contributed by atoms with Crippen molar-refractivity contribution in [3.8, 4) is 0 Å². The maximum Gasteiger partial charge on any atom is 0.298 e. The summed E-state index contributed by atoms with van der Waals surface area (Å²) >= 11 is 1.13. The van der Waals surface area contributed by atoms with E-state index in [2.05, 4.69) is 10.3 Å². The van der Waals surface area contributed by atoms with E-state index >= 15 is 0 Å². The molecule has 1 aliphatic heterocycles. The highest BCUT2D eigenvalue weighted by atomic mass is 32.2. The highest BCUT2D eigenvalue weighted by Gasteiger charge is 2.25. The van der Waals surface area contributed by atoms with Crippen LogP contribution in [0.3, 0.4) is 0 Å².